The number of piperidine rings is 1. The number of thioether (sulfide) groups is 1. The van der Waals surface area contributed by atoms with Crippen molar-refractivity contribution >= 4 is 50.3 Å². The quantitative estimate of drug-likeness (QED) is 0.412. The van der Waals surface area contributed by atoms with Gasteiger partial charge in [-0.2, -0.15) is 0 Å². The van der Waals surface area contributed by atoms with E-state index in [1.165, 1.54) is 11.8 Å². The number of benzene rings is 2. The van der Waals surface area contributed by atoms with Gasteiger partial charge in [0.15, 0.2) is 5.58 Å². The Morgan fingerprint density at radius 3 is 2.83 bits per heavy atom. The number of ether oxygens (including phenoxy) is 1. The van der Waals surface area contributed by atoms with Gasteiger partial charge in [0.05, 0.1) is 16.0 Å². The highest BCUT2D eigenvalue weighted by Gasteiger charge is 2.25. The molecule has 0 bridgehead atoms. The first-order chi connectivity index (χ1) is 14.7. The molecule has 1 aliphatic heterocycles. The van der Waals surface area contributed by atoms with E-state index in [-0.39, 0.29) is 12.0 Å². The highest BCUT2D eigenvalue weighted by Crippen LogP contribution is 2.31. The van der Waals surface area contributed by atoms with Crippen molar-refractivity contribution in [2.45, 2.75) is 31.1 Å². The van der Waals surface area contributed by atoms with Crippen LogP contribution in [0.3, 0.4) is 0 Å². The second kappa shape index (κ2) is 8.28. The van der Waals surface area contributed by atoms with E-state index in [2.05, 4.69) is 29.0 Å². The van der Waals surface area contributed by atoms with Gasteiger partial charge in [0.1, 0.15) is 11.6 Å². The number of hydrogen-bond donors (Lipinski definition) is 0. The van der Waals surface area contributed by atoms with Crippen molar-refractivity contribution in [1.82, 2.24) is 14.9 Å². The SMILES string of the molecule is Cc1cccc2sc(OC3CCN(C(=O)CSc4nc5ccccc5o4)CC3)nc12. The topological polar surface area (TPSA) is 68.5 Å². The van der Waals surface area contributed by atoms with Crippen LogP contribution in [-0.2, 0) is 4.79 Å². The number of thiazole rings is 1. The summed E-state index contributed by atoms with van der Waals surface area (Å²) in [7, 11) is 0. The predicted octanol–water partition coefficient (Wildman–Crippen LogP) is 4.91. The summed E-state index contributed by atoms with van der Waals surface area (Å²) in [5, 5.41) is 1.25. The summed E-state index contributed by atoms with van der Waals surface area (Å²) < 4.78 is 13.0. The molecule has 0 aliphatic carbocycles. The van der Waals surface area contributed by atoms with Crippen LogP contribution in [0.2, 0.25) is 0 Å². The Labute approximate surface area is 182 Å². The molecule has 0 N–H and O–H groups in total. The van der Waals surface area contributed by atoms with Gasteiger partial charge in [-0.3, -0.25) is 4.79 Å². The largest absolute Gasteiger partial charge is 0.467 e. The lowest BCUT2D eigenvalue weighted by molar-refractivity contribution is -0.130. The van der Waals surface area contributed by atoms with Crippen molar-refractivity contribution in [2.75, 3.05) is 18.8 Å². The van der Waals surface area contributed by atoms with Crippen molar-refractivity contribution in [1.29, 1.82) is 0 Å². The molecule has 5 rings (SSSR count). The molecule has 154 valence electrons. The maximum Gasteiger partial charge on any atom is 0.274 e. The molecule has 2 aromatic heterocycles. The molecule has 0 radical (unpaired) electrons. The van der Waals surface area contributed by atoms with Gasteiger partial charge in [0.2, 0.25) is 5.91 Å². The molecule has 0 atom stereocenters. The molecular weight excluding hydrogens is 418 g/mol. The number of fused-ring (bicyclic) bond motifs is 2. The minimum atomic E-state index is 0.0969. The smallest absolute Gasteiger partial charge is 0.274 e. The lowest BCUT2D eigenvalue weighted by Crippen LogP contribution is -2.42. The van der Waals surface area contributed by atoms with E-state index in [1.54, 1.807) is 11.3 Å². The summed E-state index contributed by atoms with van der Waals surface area (Å²) in [5.74, 6) is 0.437. The molecule has 0 spiro atoms. The van der Waals surface area contributed by atoms with Crippen LogP contribution in [0.4, 0.5) is 0 Å². The molecule has 30 heavy (non-hydrogen) atoms. The van der Waals surface area contributed by atoms with Crippen LogP contribution in [-0.4, -0.2) is 45.7 Å². The molecule has 1 saturated heterocycles. The van der Waals surface area contributed by atoms with Gasteiger partial charge in [-0.05, 0) is 30.7 Å². The van der Waals surface area contributed by atoms with Crippen LogP contribution in [0, 0.1) is 6.92 Å². The van der Waals surface area contributed by atoms with Crippen LogP contribution >= 0.6 is 23.1 Å². The fraction of sp³-hybridized carbons (Fsp3) is 0.318. The monoisotopic (exact) mass is 439 g/mol. The Bertz CT molecular complexity index is 1160. The normalized spacial score (nSPS) is 15.2. The lowest BCUT2D eigenvalue weighted by Gasteiger charge is -2.31. The molecule has 4 aromatic rings. The van der Waals surface area contributed by atoms with E-state index in [9.17, 15) is 4.79 Å². The summed E-state index contributed by atoms with van der Waals surface area (Å²) in [6.45, 7) is 3.46. The molecule has 0 saturated carbocycles. The molecular formula is C22H21N3O3S2. The summed E-state index contributed by atoms with van der Waals surface area (Å²) >= 11 is 2.93. The van der Waals surface area contributed by atoms with E-state index in [1.807, 2.05) is 35.2 Å². The Balaban J connectivity index is 1.13. The zero-order valence-electron chi connectivity index (χ0n) is 16.5. The van der Waals surface area contributed by atoms with Crippen molar-refractivity contribution in [2.24, 2.45) is 0 Å². The van der Waals surface area contributed by atoms with E-state index >= 15 is 0 Å². The zero-order valence-corrected chi connectivity index (χ0v) is 18.2. The molecule has 1 fully saturated rings. The Morgan fingerprint density at radius 1 is 1.20 bits per heavy atom. The molecule has 2 aromatic carbocycles. The third-order valence-electron chi connectivity index (χ3n) is 5.26. The number of carbonyl (C=O) groups is 1. The van der Waals surface area contributed by atoms with Crippen LogP contribution in [0.15, 0.2) is 52.1 Å². The van der Waals surface area contributed by atoms with Gasteiger partial charge in [0, 0.05) is 25.9 Å². The lowest BCUT2D eigenvalue weighted by atomic mass is 10.1. The van der Waals surface area contributed by atoms with E-state index < -0.39 is 0 Å². The summed E-state index contributed by atoms with van der Waals surface area (Å²) in [4.78, 5) is 23.5. The number of aromatic nitrogens is 2. The number of para-hydroxylation sites is 3. The number of oxazole rings is 1. The fourth-order valence-corrected chi connectivity index (χ4v) is 5.31. The second-order valence-electron chi connectivity index (χ2n) is 7.34. The van der Waals surface area contributed by atoms with Gasteiger partial charge in [-0.25, -0.2) is 9.97 Å². The molecule has 6 nitrogen and oxygen atoms in total. The minimum absolute atomic E-state index is 0.0969. The van der Waals surface area contributed by atoms with E-state index in [0.29, 0.717) is 24.1 Å². The highest BCUT2D eigenvalue weighted by molar-refractivity contribution is 7.99. The predicted molar refractivity (Wildman–Crippen MR) is 119 cm³/mol. The number of nitrogens with zero attached hydrogens (tertiary/aromatic N) is 3. The number of aryl methyl sites for hydroxylation is 1. The summed E-state index contributed by atoms with van der Waals surface area (Å²) in [6, 6.07) is 13.8. The molecule has 1 aliphatic rings. The average molecular weight is 440 g/mol. The van der Waals surface area contributed by atoms with Gasteiger partial charge in [0.25, 0.3) is 10.4 Å². The van der Waals surface area contributed by atoms with Gasteiger partial charge >= 0.3 is 0 Å². The van der Waals surface area contributed by atoms with Crippen LogP contribution in [0.1, 0.15) is 18.4 Å². The van der Waals surface area contributed by atoms with Crippen molar-refractivity contribution < 1.29 is 13.9 Å². The van der Waals surface area contributed by atoms with Crippen molar-refractivity contribution in [3.05, 3.63) is 48.0 Å². The van der Waals surface area contributed by atoms with E-state index in [4.69, 9.17) is 9.15 Å². The summed E-state index contributed by atoms with van der Waals surface area (Å²) in [6.07, 6.45) is 1.72. The van der Waals surface area contributed by atoms with Crippen molar-refractivity contribution in [3.63, 3.8) is 0 Å². The van der Waals surface area contributed by atoms with Gasteiger partial charge in [-0.1, -0.05) is 47.4 Å². The number of hydrogen-bond acceptors (Lipinski definition) is 7. The van der Waals surface area contributed by atoms with Crippen LogP contribution in [0.5, 0.6) is 5.19 Å². The number of carbonyl (C=O) groups excluding carboxylic acids is 1. The molecule has 1 amide bonds. The number of likely N-dealkylation sites (tertiary alicyclic amines) is 1. The minimum Gasteiger partial charge on any atom is -0.467 e. The fourth-order valence-electron chi connectivity index (χ4n) is 3.61. The molecule has 0 unspecified atom stereocenters. The van der Waals surface area contributed by atoms with Crippen molar-refractivity contribution in [3.8, 4) is 5.19 Å². The third-order valence-corrected chi connectivity index (χ3v) is 6.98. The Kier molecular flexibility index (Phi) is 5.35. The zero-order chi connectivity index (χ0) is 20.5. The van der Waals surface area contributed by atoms with E-state index in [0.717, 1.165) is 44.9 Å². The number of rotatable bonds is 5. The first kappa shape index (κ1) is 19.4. The summed E-state index contributed by atoms with van der Waals surface area (Å²) in [5.41, 5.74) is 3.74. The maximum absolute atomic E-state index is 12.6. The van der Waals surface area contributed by atoms with Gasteiger partial charge in [-0.15, -0.1) is 0 Å². The molecule has 8 heteroatoms. The Morgan fingerprint density at radius 2 is 2.03 bits per heavy atom. The van der Waals surface area contributed by atoms with Crippen LogP contribution in [0.25, 0.3) is 21.3 Å². The maximum atomic E-state index is 12.6. The molecule has 3 heterocycles. The average Bonchev–Trinajstić information content (AvgIpc) is 3.36. The first-order valence-electron chi connectivity index (χ1n) is 9.95. The third kappa shape index (κ3) is 4.02. The second-order valence-corrected chi connectivity index (χ2v) is 9.26. The standard InChI is InChI=1S/C22H21N3O3S2/c1-14-5-4-8-18-20(14)24-22(30-18)27-15-9-11-25(12-10-15)19(26)13-29-21-23-16-6-2-3-7-17(16)28-21/h2-8,15H,9-13H2,1H3. The van der Waals surface area contributed by atoms with Gasteiger partial charge < -0.3 is 14.1 Å². The highest BCUT2D eigenvalue weighted by atomic mass is 32.2. The number of amides is 1. The Hall–Kier alpha value is -2.58. The van der Waals surface area contributed by atoms with Crippen LogP contribution < -0.4 is 4.74 Å². The first-order valence-corrected chi connectivity index (χ1v) is 11.7.